The lowest BCUT2D eigenvalue weighted by Crippen LogP contribution is -2.12. The van der Waals surface area contributed by atoms with Crippen molar-refractivity contribution in [3.63, 3.8) is 0 Å². The van der Waals surface area contributed by atoms with Gasteiger partial charge in [-0.15, -0.1) is 10.2 Å². The fourth-order valence-electron chi connectivity index (χ4n) is 3.28. The highest BCUT2D eigenvalue weighted by atomic mass is 32.2. The molecule has 0 unspecified atom stereocenters. The van der Waals surface area contributed by atoms with Gasteiger partial charge >= 0.3 is 0 Å². The Balaban J connectivity index is 1.74. The Morgan fingerprint density at radius 1 is 1.14 bits per heavy atom. The molecule has 1 aliphatic rings. The van der Waals surface area contributed by atoms with Gasteiger partial charge in [-0.2, -0.15) is 0 Å². The SMILES string of the molecule is CCn1c(SCc2ccccc2C)nnc1C1CCCCC1. The molecule has 1 saturated carbocycles. The molecule has 22 heavy (non-hydrogen) atoms. The van der Waals surface area contributed by atoms with Gasteiger partial charge in [-0.05, 0) is 37.8 Å². The zero-order valence-corrected chi connectivity index (χ0v) is 14.4. The van der Waals surface area contributed by atoms with E-state index in [0.29, 0.717) is 5.92 Å². The van der Waals surface area contributed by atoms with Crippen LogP contribution in [0.1, 0.15) is 61.9 Å². The first-order valence-corrected chi connectivity index (χ1v) is 9.38. The van der Waals surface area contributed by atoms with Gasteiger partial charge in [0, 0.05) is 18.2 Å². The molecule has 0 amide bonds. The van der Waals surface area contributed by atoms with E-state index in [4.69, 9.17) is 0 Å². The zero-order valence-electron chi connectivity index (χ0n) is 13.6. The largest absolute Gasteiger partial charge is 0.306 e. The van der Waals surface area contributed by atoms with Gasteiger partial charge in [0.1, 0.15) is 5.82 Å². The average molecular weight is 315 g/mol. The second-order valence-electron chi connectivity index (χ2n) is 6.14. The summed E-state index contributed by atoms with van der Waals surface area (Å²) in [5, 5.41) is 10.1. The summed E-state index contributed by atoms with van der Waals surface area (Å²) < 4.78 is 2.33. The summed E-state index contributed by atoms with van der Waals surface area (Å²) in [7, 11) is 0. The molecule has 0 bridgehead atoms. The molecule has 0 radical (unpaired) electrons. The van der Waals surface area contributed by atoms with E-state index < -0.39 is 0 Å². The van der Waals surface area contributed by atoms with Crippen LogP contribution in [0.4, 0.5) is 0 Å². The van der Waals surface area contributed by atoms with Crippen molar-refractivity contribution in [1.29, 1.82) is 0 Å². The Labute approximate surface area is 137 Å². The lowest BCUT2D eigenvalue weighted by molar-refractivity contribution is 0.413. The van der Waals surface area contributed by atoms with Crippen LogP contribution >= 0.6 is 11.8 Å². The van der Waals surface area contributed by atoms with Crippen LogP contribution in [0.25, 0.3) is 0 Å². The van der Waals surface area contributed by atoms with Crippen LogP contribution in [0.15, 0.2) is 29.4 Å². The minimum absolute atomic E-state index is 0.619. The second kappa shape index (κ2) is 7.32. The van der Waals surface area contributed by atoms with Crippen LogP contribution in [0.3, 0.4) is 0 Å². The third-order valence-corrected chi connectivity index (χ3v) is 5.67. The van der Waals surface area contributed by atoms with Crippen molar-refractivity contribution < 1.29 is 0 Å². The summed E-state index contributed by atoms with van der Waals surface area (Å²) in [6, 6.07) is 8.59. The summed E-state index contributed by atoms with van der Waals surface area (Å²) in [6.45, 7) is 5.34. The van der Waals surface area contributed by atoms with Crippen molar-refractivity contribution in [3.05, 3.63) is 41.2 Å². The summed E-state index contributed by atoms with van der Waals surface area (Å²) in [5.41, 5.74) is 2.74. The molecule has 0 N–H and O–H groups in total. The van der Waals surface area contributed by atoms with Crippen LogP contribution in [-0.2, 0) is 12.3 Å². The molecule has 1 aliphatic carbocycles. The van der Waals surface area contributed by atoms with E-state index in [2.05, 4.69) is 52.9 Å². The van der Waals surface area contributed by atoms with Gasteiger partial charge in [-0.25, -0.2) is 0 Å². The normalized spacial score (nSPS) is 16.1. The van der Waals surface area contributed by atoms with Crippen LogP contribution in [0.2, 0.25) is 0 Å². The minimum atomic E-state index is 0.619. The molecular formula is C18H25N3S. The predicted octanol–water partition coefficient (Wildman–Crippen LogP) is 4.95. The van der Waals surface area contributed by atoms with E-state index >= 15 is 0 Å². The number of thioether (sulfide) groups is 1. The first-order chi connectivity index (χ1) is 10.8. The second-order valence-corrected chi connectivity index (χ2v) is 7.08. The van der Waals surface area contributed by atoms with Gasteiger partial charge in [-0.1, -0.05) is 55.3 Å². The highest BCUT2D eigenvalue weighted by molar-refractivity contribution is 7.98. The summed E-state index contributed by atoms with van der Waals surface area (Å²) in [4.78, 5) is 0. The number of aryl methyl sites for hydroxylation is 1. The van der Waals surface area contributed by atoms with E-state index in [1.54, 1.807) is 0 Å². The Hall–Kier alpha value is -1.29. The van der Waals surface area contributed by atoms with E-state index in [1.165, 1.54) is 49.1 Å². The molecule has 3 nitrogen and oxygen atoms in total. The first kappa shape index (κ1) is 15.6. The Morgan fingerprint density at radius 3 is 2.64 bits per heavy atom. The van der Waals surface area contributed by atoms with Crippen molar-refractivity contribution in [2.45, 2.75) is 69.3 Å². The first-order valence-electron chi connectivity index (χ1n) is 8.40. The van der Waals surface area contributed by atoms with Crippen LogP contribution in [0, 0.1) is 6.92 Å². The van der Waals surface area contributed by atoms with Gasteiger partial charge in [0.2, 0.25) is 0 Å². The molecule has 0 atom stereocenters. The van der Waals surface area contributed by atoms with Crippen molar-refractivity contribution in [1.82, 2.24) is 14.8 Å². The Bertz CT molecular complexity index is 615. The van der Waals surface area contributed by atoms with Crippen molar-refractivity contribution in [3.8, 4) is 0 Å². The van der Waals surface area contributed by atoms with E-state index in [9.17, 15) is 0 Å². The van der Waals surface area contributed by atoms with E-state index in [-0.39, 0.29) is 0 Å². The lowest BCUT2D eigenvalue weighted by atomic mass is 9.89. The maximum absolute atomic E-state index is 4.54. The van der Waals surface area contributed by atoms with Crippen molar-refractivity contribution >= 4 is 11.8 Å². The average Bonchev–Trinajstić information content (AvgIpc) is 2.98. The van der Waals surface area contributed by atoms with Crippen molar-refractivity contribution in [2.24, 2.45) is 0 Å². The van der Waals surface area contributed by atoms with Gasteiger partial charge in [0.15, 0.2) is 5.16 Å². The van der Waals surface area contributed by atoms with E-state index in [0.717, 1.165) is 17.5 Å². The Morgan fingerprint density at radius 2 is 1.91 bits per heavy atom. The number of benzene rings is 1. The van der Waals surface area contributed by atoms with Gasteiger partial charge in [-0.3, -0.25) is 0 Å². The summed E-state index contributed by atoms with van der Waals surface area (Å²) >= 11 is 1.81. The summed E-state index contributed by atoms with van der Waals surface area (Å²) in [5.74, 6) is 2.80. The molecule has 1 aromatic carbocycles. The van der Waals surface area contributed by atoms with Crippen LogP contribution in [-0.4, -0.2) is 14.8 Å². The third kappa shape index (κ3) is 3.37. The van der Waals surface area contributed by atoms with Gasteiger partial charge in [0.05, 0.1) is 0 Å². The number of hydrogen-bond acceptors (Lipinski definition) is 3. The number of hydrogen-bond donors (Lipinski definition) is 0. The topological polar surface area (TPSA) is 30.7 Å². The predicted molar refractivity (Wildman–Crippen MR) is 92.3 cm³/mol. The summed E-state index contributed by atoms with van der Waals surface area (Å²) in [6.07, 6.45) is 6.62. The molecule has 1 aromatic heterocycles. The molecule has 118 valence electrons. The fraction of sp³-hybridized carbons (Fsp3) is 0.556. The molecule has 1 heterocycles. The number of rotatable bonds is 5. The Kier molecular flexibility index (Phi) is 5.19. The van der Waals surface area contributed by atoms with E-state index in [1.807, 2.05) is 11.8 Å². The molecule has 0 spiro atoms. The highest BCUT2D eigenvalue weighted by Crippen LogP contribution is 2.33. The van der Waals surface area contributed by atoms with Crippen LogP contribution < -0.4 is 0 Å². The minimum Gasteiger partial charge on any atom is -0.306 e. The molecule has 0 aliphatic heterocycles. The van der Waals surface area contributed by atoms with Crippen LogP contribution in [0.5, 0.6) is 0 Å². The standard InChI is InChI=1S/C18H25N3S/c1-3-21-17(15-10-5-4-6-11-15)19-20-18(21)22-13-16-12-8-7-9-14(16)2/h7-9,12,15H,3-6,10-11,13H2,1-2H3. The molecule has 2 aromatic rings. The quantitative estimate of drug-likeness (QED) is 0.732. The molecule has 1 fully saturated rings. The maximum atomic E-state index is 4.54. The highest BCUT2D eigenvalue weighted by Gasteiger charge is 2.22. The lowest BCUT2D eigenvalue weighted by Gasteiger charge is -2.21. The smallest absolute Gasteiger partial charge is 0.191 e. The maximum Gasteiger partial charge on any atom is 0.191 e. The zero-order chi connectivity index (χ0) is 15.4. The molecule has 3 rings (SSSR count). The molecule has 4 heteroatoms. The molecular weight excluding hydrogens is 290 g/mol. The fourth-order valence-corrected chi connectivity index (χ4v) is 4.37. The van der Waals surface area contributed by atoms with Gasteiger partial charge < -0.3 is 4.57 Å². The van der Waals surface area contributed by atoms with Crippen molar-refractivity contribution in [2.75, 3.05) is 0 Å². The van der Waals surface area contributed by atoms with Gasteiger partial charge in [0.25, 0.3) is 0 Å². The number of nitrogens with zero attached hydrogens (tertiary/aromatic N) is 3. The third-order valence-electron chi connectivity index (χ3n) is 4.65. The monoisotopic (exact) mass is 315 g/mol. The molecule has 0 saturated heterocycles. The number of aromatic nitrogens is 3.